The number of aryl methyl sites for hydroxylation is 2. The summed E-state index contributed by atoms with van der Waals surface area (Å²) in [5.41, 5.74) is 3.66. The van der Waals surface area contributed by atoms with Crippen LogP contribution in [-0.4, -0.2) is 28.9 Å². The summed E-state index contributed by atoms with van der Waals surface area (Å²) in [6.45, 7) is 5.22. The van der Waals surface area contributed by atoms with Gasteiger partial charge in [0, 0.05) is 31.6 Å². The molecule has 1 aromatic heterocycles. The molecule has 19 heavy (non-hydrogen) atoms. The maximum absolute atomic E-state index is 4.65. The lowest BCUT2D eigenvalue weighted by molar-refractivity contribution is 0.387. The molecule has 4 heteroatoms. The van der Waals surface area contributed by atoms with Gasteiger partial charge in [0.15, 0.2) is 0 Å². The van der Waals surface area contributed by atoms with Gasteiger partial charge in [0.2, 0.25) is 0 Å². The third-order valence-electron chi connectivity index (χ3n) is 3.94. The van der Waals surface area contributed by atoms with Crippen LogP contribution in [0.15, 0.2) is 18.2 Å². The van der Waals surface area contributed by atoms with Crippen LogP contribution in [0.2, 0.25) is 0 Å². The van der Waals surface area contributed by atoms with Crippen molar-refractivity contribution in [3.8, 4) is 0 Å². The van der Waals surface area contributed by atoms with Gasteiger partial charge >= 0.3 is 0 Å². The Balaban J connectivity index is 1.78. The van der Waals surface area contributed by atoms with Gasteiger partial charge in [-0.25, -0.2) is 0 Å². The third kappa shape index (κ3) is 2.65. The van der Waals surface area contributed by atoms with E-state index in [4.69, 9.17) is 0 Å². The molecule has 0 amide bonds. The number of benzene rings is 1. The van der Waals surface area contributed by atoms with E-state index in [0.717, 1.165) is 25.3 Å². The van der Waals surface area contributed by atoms with Gasteiger partial charge in [0.1, 0.15) is 0 Å². The number of nitrogens with zero attached hydrogens (tertiary/aromatic N) is 2. The molecule has 2 N–H and O–H groups in total. The predicted octanol–water partition coefficient (Wildman–Crippen LogP) is 1.72. The highest BCUT2D eigenvalue weighted by atomic mass is 15.3. The molecule has 102 valence electrons. The molecule has 1 saturated heterocycles. The van der Waals surface area contributed by atoms with Gasteiger partial charge in [0.25, 0.3) is 0 Å². The van der Waals surface area contributed by atoms with Gasteiger partial charge in [-0.15, -0.1) is 0 Å². The molecule has 2 heterocycles. The molecule has 1 aliphatic rings. The molecule has 0 saturated carbocycles. The standard InChI is InChI=1S/C15H22N4/c1-11-5-6-15-13(8-11)14(18-19(15)2)10-17-12-4-3-7-16-9-12/h5-6,8,12,16-17H,3-4,7,9-10H2,1-2H3. The number of hydrogen-bond acceptors (Lipinski definition) is 3. The summed E-state index contributed by atoms with van der Waals surface area (Å²) in [4.78, 5) is 0. The van der Waals surface area contributed by atoms with Gasteiger partial charge in [-0.3, -0.25) is 4.68 Å². The maximum atomic E-state index is 4.65. The second-order valence-corrected chi connectivity index (χ2v) is 5.52. The first-order valence-electron chi connectivity index (χ1n) is 7.10. The molecule has 1 aromatic carbocycles. The van der Waals surface area contributed by atoms with E-state index in [1.165, 1.54) is 29.3 Å². The smallest absolute Gasteiger partial charge is 0.0841 e. The normalized spacial score (nSPS) is 20.0. The van der Waals surface area contributed by atoms with Crippen LogP contribution < -0.4 is 10.6 Å². The van der Waals surface area contributed by atoms with Crippen molar-refractivity contribution in [1.82, 2.24) is 20.4 Å². The first kappa shape index (κ1) is 12.6. The number of aromatic nitrogens is 2. The Bertz CT molecular complexity index is 567. The van der Waals surface area contributed by atoms with Gasteiger partial charge in [-0.1, -0.05) is 11.6 Å². The maximum Gasteiger partial charge on any atom is 0.0841 e. The molecule has 0 spiro atoms. The lowest BCUT2D eigenvalue weighted by Gasteiger charge is -2.23. The van der Waals surface area contributed by atoms with Crippen LogP contribution >= 0.6 is 0 Å². The topological polar surface area (TPSA) is 41.9 Å². The quantitative estimate of drug-likeness (QED) is 0.881. The second kappa shape index (κ2) is 5.31. The van der Waals surface area contributed by atoms with Gasteiger partial charge in [-0.05, 0) is 38.4 Å². The van der Waals surface area contributed by atoms with Crippen molar-refractivity contribution >= 4 is 10.9 Å². The lowest BCUT2D eigenvalue weighted by Crippen LogP contribution is -2.42. The van der Waals surface area contributed by atoms with Crippen LogP contribution in [-0.2, 0) is 13.6 Å². The highest BCUT2D eigenvalue weighted by molar-refractivity contribution is 5.82. The van der Waals surface area contributed by atoms with Gasteiger partial charge in [-0.2, -0.15) is 5.10 Å². The summed E-state index contributed by atoms with van der Waals surface area (Å²) < 4.78 is 1.98. The van der Waals surface area contributed by atoms with Crippen molar-refractivity contribution in [2.75, 3.05) is 13.1 Å². The summed E-state index contributed by atoms with van der Waals surface area (Å²) >= 11 is 0. The summed E-state index contributed by atoms with van der Waals surface area (Å²) in [5, 5.41) is 13.0. The fourth-order valence-corrected chi connectivity index (χ4v) is 2.85. The second-order valence-electron chi connectivity index (χ2n) is 5.52. The Morgan fingerprint density at radius 3 is 3.16 bits per heavy atom. The monoisotopic (exact) mass is 258 g/mol. The number of hydrogen-bond donors (Lipinski definition) is 2. The number of fused-ring (bicyclic) bond motifs is 1. The molecule has 2 aromatic rings. The first-order chi connectivity index (χ1) is 9.24. The summed E-state index contributed by atoms with van der Waals surface area (Å²) in [6, 6.07) is 7.12. The molecule has 3 rings (SSSR count). The van der Waals surface area contributed by atoms with E-state index in [0.29, 0.717) is 6.04 Å². The fraction of sp³-hybridized carbons (Fsp3) is 0.533. The minimum absolute atomic E-state index is 0.579. The Hall–Kier alpha value is -1.39. The lowest BCUT2D eigenvalue weighted by atomic mass is 10.1. The van der Waals surface area contributed by atoms with E-state index >= 15 is 0 Å². The molecular weight excluding hydrogens is 236 g/mol. The van der Waals surface area contributed by atoms with Gasteiger partial charge in [0.05, 0.1) is 11.2 Å². The third-order valence-corrected chi connectivity index (χ3v) is 3.94. The van der Waals surface area contributed by atoms with Crippen molar-refractivity contribution in [1.29, 1.82) is 0 Å². The van der Waals surface area contributed by atoms with E-state index in [9.17, 15) is 0 Å². The molecule has 0 aliphatic carbocycles. The van der Waals surface area contributed by atoms with Crippen molar-refractivity contribution in [3.63, 3.8) is 0 Å². The Morgan fingerprint density at radius 1 is 1.47 bits per heavy atom. The van der Waals surface area contributed by atoms with Crippen molar-refractivity contribution in [2.45, 2.75) is 32.4 Å². The minimum atomic E-state index is 0.579. The summed E-state index contributed by atoms with van der Waals surface area (Å²) in [5.74, 6) is 0. The molecule has 0 radical (unpaired) electrons. The minimum Gasteiger partial charge on any atom is -0.315 e. The molecule has 4 nitrogen and oxygen atoms in total. The molecule has 1 unspecified atom stereocenters. The van der Waals surface area contributed by atoms with Crippen LogP contribution in [0.3, 0.4) is 0 Å². The summed E-state index contributed by atoms with van der Waals surface area (Å²) in [6.07, 6.45) is 2.52. The number of piperidine rings is 1. The molecular formula is C15H22N4. The highest BCUT2D eigenvalue weighted by Gasteiger charge is 2.14. The van der Waals surface area contributed by atoms with Crippen molar-refractivity contribution in [3.05, 3.63) is 29.5 Å². The van der Waals surface area contributed by atoms with Gasteiger partial charge < -0.3 is 10.6 Å². The van der Waals surface area contributed by atoms with Crippen LogP contribution in [0.1, 0.15) is 24.1 Å². The average molecular weight is 258 g/mol. The molecule has 1 atom stereocenters. The SMILES string of the molecule is Cc1ccc2c(c1)c(CNC1CCCNC1)nn2C. The van der Waals surface area contributed by atoms with Crippen LogP contribution in [0, 0.1) is 6.92 Å². The largest absolute Gasteiger partial charge is 0.315 e. The van der Waals surface area contributed by atoms with E-state index in [-0.39, 0.29) is 0 Å². The van der Waals surface area contributed by atoms with E-state index in [2.05, 4.69) is 40.9 Å². The van der Waals surface area contributed by atoms with Crippen LogP contribution in [0.25, 0.3) is 10.9 Å². The van der Waals surface area contributed by atoms with E-state index < -0.39 is 0 Å². The fourth-order valence-electron chi connectivity index (χ4n) is 2.85. The highest BCUT2D eigenvalue weighted by Crippen LogP contribution is 2.19. The molecule has 1 aliphatic heterocycles. The molecule has 1 fully saturated rings. The number of nitrogens with one attached hydrogen (secondary N) is 2. The Kier molecular flexibility index (Phi) is 3.53. The average Bonchev–Trinajstić information content (AvgIpc) is 2.74. The Labute approximate surface area is 114 Å². The zero-order valence-corrected chi connectivity index (χ0v) is 11.7. The Morgan fingerprint density at radius 2 is 2.37 bits per heavy atom. The predicted molar refractivity (Wildman–Crippen MR) is 78.2 cm³/mol. The zero-order chi connectivity index (χ0) is 13.2. The molecule has 0 bridgehead atoms. The van der Waals surface area contributed by atoms with Crippen LogP contribution in [0.5, 0.6) is 0 Å². The number of rotatable bonds is 3. The van der Waals surface area contributed by atoms with E-state index in [1.807, 2.05) is 11.7 Å². The summed E-state index contributed by atoms with van der Waals surface area (Å²) in [7, 11) is 2.02. The first-order valence-corrected chi connectivity index (χ1v) is 7.10. The van der Waals surface area contributed by atoms with Crippen molar-refractivity contribution in [2.24, 2.45) is 7.05 Å². The van der Waals surface area contributed by atoms with E-state index in [1.54, 1.807) is 0 Å². The zero-order valence-electron chi connectivity index (χ0n) is 11.7. The van der Waals surface area contributed by atoms with Crippen molar-refractivity contribution < 1.29 is 0 Å². The van der Waals surface area contributed by atoms with Crippen LogP contribution in [0.4, 0.5) is 0 Å².